The highest BCUT2D eigenvalue weighted by molar-refractivity contribution is 7.89. The van der Waals surface area contributed by atoms with Gasteiger partial charge in [0.05, 0.1) is 0 Å². The van der Waals surface area contributed by atoms with Gasteiger partial charge in [0.2, 0.25) is 10.0 Å². The number of carbonyl (C=O) groups excluding carboxylic acids is 1. The molecule has 1 aliphatic rings. The number of nitrogens with two attached hydrogens (primary N) is 1. The lowest BCUT2D eigenvalue weighted by molar-refractivity contribution is -0.120. The molecule has 1 aliphatic heterocycles. The number of aryl methyl sites for hydroxylation is 1. The van der Waals surface area contributed by atoms with E-state index < -0.39 is 22.5 Å². The molecule has 1 aromatic carbocycles. The van der Waals surface area contributed by atoms with Crippen molar-refractivity contribution in [3.8, 4) is 5.75 Å². The molecule has 1 aromatic heterocycles. The number of carbonyl (C=O) groups is 1. The number of rotatable bonds is 7. The second-order valence-corrected chi connectivity index (χ2v) is 8.27. The van der Waals surface area contributed by atoms with Crippen molar-refractivity contribution in [2.75, 3.05) is 13.2 Å². The molecule has 0 radical (unpaired) electrons. The molecule has 1 atom stereocenters. The maximum absolute atomic E-state index is 12.7. The van der Waals surface area contributed by atoms with E-state index in [0.29, 0.717) is 6.54 Å². The van der Waals surface area contributed by atoms with Crippen LogP contribution in [-0.4, -0.2) is 37.0 Å². The molecule has 3 N–H and O–H groups in total. The Kier molecular flexibility index (Phi) is 5.49. The van der Waals surface area contributed by atoms with Gasteiger partial charge < -0.3 is 15.0 Å². The molecule has 0 saturated heterocycles. The summed E-state index contributed by atoms with van der Waals surface area (Å²) in [5.74, 6) is 0.498. The van der Waals surface area contributed by atoms with Crippen molar-refractivity contribution in [1.29, 1.82) is 0 Å². The summed E-state index contributed by atoms with van der Waals surface area (Å²) in [5, 5.41) is 0.248. The van der Waals surface area contributed by atoms with Gasteiger partial charge >= 0.3 is 0 Å². The van der Waals surface area contributed by atoms with Crippen LogP contribution in [0.2, 0.25) is 5.02 Å². The number of sulfonamides is 1. The number of primary amides is 1. The number of nitrogens with zero attached hydrogens (tertiary/aromatic N) is 2. The van der Waals surface area contributed by atoms with Crippen molar-refractivity contribution in [2.45, 2.75) is 24.3 Å². The topological polar surface area (TPSA) is 116 Å². The fourth-order valence-corrected chi connectivity index (χ4v) is 4.39. The second-order valence-electron chi connectivity index (χ2n) is 6.10. The number of imidazole rings is 1. The third-order valence-corrected chi connectivity index (χ3v) is 5.84. The zero-order chi connectivity index (χ0) is 18.7. The second kappa shape index (κ2) is 7.65. The van der Waals surface area contributed by atoms with Gasteiger partial charge in [0.1, 0.15) is 16.5 Å². The van der Waals surface area contributed by atoms with Gasteiger partial charge in [-0.05, 0) is 30.5 Å². The fourth-order valence-electron chi connectivity index (χ4n) is 2.87. The van der Waals surface area contributed by atoms with Gasteiger partial charge in [0.25, 0.3) is 5.91 Å². The molecule has 3 rings (SSSR count). The first-order chi connectivity index (χ1) is 12.3. The Labute approximate surface area is 156 Å². The van der Waals surface area contributed by atoms with Crippen LogP contribution >= 0.6 is 11.6 Å². The SMILES string of the molecule is NC(=O)COc1ccc(Cl)cc1S(=O)(=O)NCC1CCc2nccn2C1. The average molecular weight is 399 g/mol. The molecular weight excluding hydrogens is 380 g/mol. The van der Waals surface area contributed by atoms with Crippen molar-refractivity contribution in [1.82, 2.24) is 14.3 Å². The number of fused-ring (bicyclic) bond motifs is 1. The largest absolute Gasteiger partial charge is 0.482 e. The number of ether oxygens (including phenoxy) is 1. The Morgan fingerprint density at radius 1 is 1.46 bits per heavy atom. The molecule has 2 heterocycles. The van der Waals surface area contributed by atoms with Crippen LogP contribution in [0.15, 0.2) is 35.5 Å². The third-order valence-electron chi connectivity index (χ3n) is 4.16. The van der Waals surface area contributed by atoms with E-state index in [9.17, 15) is 13.2 Å². The first-order valence-corrected chi connectivity index (χ1v) is 9.91. The number of amides is 1. The fraction of sp³-hybridized carbons (Fsp3) is 0.375. The van der Waals surface area contributed by atoms with Gasteiger partial charge in [0, 0.05) is 36.9 Å². The van der Waals surface area contributed by atoms with E-state index in [1.807, 2.05) is 10.8 Å². The average Bonchev–Trinajstić information content (AvgIpc) is 3.06. The molecule has 0 aliphatic carbocycles. The molecule has 0 spiro atoms. The minimum absolute atomic E-state index is 0.0289. The number of nitrogens with one attached hydrogen (secondary N) is 1. The van der Waals surface area contributed by atoms with Gasteiger partial charge in [-0.15, -0.1) is 0 Å². The van der Waals surface area contributed by atoms with Crippen LogP contribution in [0.25, 0.3) is 0 Å². The number of hydrogen-bond acceptors (Lipinski definition) is 5. The summed E-state index contributed by atoms with van der Waals surface area (Å²) >= 11 is 5.93. The van der Waals surface area contributed by atoms with Crippen molar-refractivity contribution in [2.24, 2.45) is 11.7 Å². The van der Waals surface area contributed by atoms with Crippen LogP contribution in [0, 0.1) is 5.92 Å². The Morgan fingerprint density at radius 2 is 2.27 bits per heavy atom. The first kappa shape index (κ1) is 18.7. The van der Waals surface area contributed by atoms with Crippen molar-refractivity contribution < 1.29 is 17.9 Å². The van der Waals surface area contributed by atoms with E-state index in [1.165, 1.54) is 18.2 Å². The highest BCUT2D eigenvalue weighted by Gasteiger charge is 2.24. The summed E-state index contributed by atoms with van der Waals surface area (Å²) in [5.41, 5.74) is 5.05. The lowest BCUT2D eigenvalue weighted by Crippen LogP contribution is -2.34. The van der Waals surface area contributed by atoms with Crippen LogP contribution in [0.5, 0.6) is 5.75 Å². The van der Waals surface area contributed by atoms with E-state index in [0.717, 1.165) is 18.7 Å². The predicted octanol–water partition coefficient (Wildman–Crippen LogP) is 0.941. The number of halogens is 1. The number of aromatic nitrogens is 2. The number of benzene rings is 1. The normalized spacial score (nSPS) is 16.9. The molecule has 2 aromatic rings. The standard InChI is InChI=1S/C16H19ClN4O4S/c17-12-2-3-13(25-10-15(18)22)14(7-12)26(23,24)20-8-11-1-4-16-19-5-6-21(16)9-11/h2-3,5-7,11,20H,1,4,8-10H2,(H2,18,22). The highest BCUT2D eigenvalue weighted by Crippen LogP contribution is 2.27. The molecule has 10 heteroatoms. The van der Waals surface area contributed by atoms with Crippen LogP contribution < -0.4 is 15.2 Å². The van der Waals surface area contributed by atoms with E-state index in [-0.39, 0.29) is 28.1 Å². The van der Waals surface area contributed by atoms with E-state index in [4.69, 9.17) is 22.1 Å². The maximum Gasteiger partial charge on any atom is 0.255 e. The van der Waals surface area contributed by atoms with Crippen molar-refractivity contribution in [3.05, 3.63) is 41.4 Å². The molecule has 0 fully saturated rings. The van der Waals surface area contributed by atoms with Gasteiger partial charge in [-0.25, -0.2) is 18.1 Å². The summed E-state index contributed by atoms with van der Waals surface area (Å²) in [6, 6.07) is 4.17. The molecular formula is C16H19ClN4O4S. The van der Waals surface area contributed by atoms with Gasteiger partial charge in [-0.3, -0.25) is 4.79 Å². The first-order valence-electron chi connectivity index (χ1n) is 8.05. The zero-order valence-corrected chi connectivity index (χ0v) is 15.5. The molecule has 26 heavy (non-hydrogen) atoms. The minimum atomic E-state index is -3.86. The monoisotopic (exact) mass is 398 g/mol. The van der Waals surface area contributed by atoms with Crippen molar-refractivity contribution in [3.63, 3.8) is 0 Å². The lowest BCUT2D eigenvalue weighted by Gasteiger charge is -2.24. The van der Waals surface area contributed by atoms with Crippen LogP contribution in [-0.2, 0) is 27.8 Å². The van der Waals surface area contributed by atoms with Crippen LogP contribution in [0.1, 0.15) is 12.2 Å². The zero-order valence-electron chi connectivity index (χ0n) is 13.9. The predicted molar refractivity (Wildman–Crippen MR) is 95.4 cm³/mol. The summed E-state index contributed by atoms with van der Waals surface area (Å²) < 4.78 is 35.2. The molecule has 1 unspecified atom stereocenters. The molecule has 140 valence electrons. The Hall–Kier alpha value is -2.10. The third kappa shape index (κ3) is 4.35. The summed E-state index contributed by atoms with van der Waals surface area (Å²) in [6.45, 7) is 0.566. The van der Waals surface area contributed by atoms with Gasteiger partial charge in [0.15, 0.2) is 6.61 Å². The summed E-state index contributed by atoms with van der Waals surface area (Å²) in [7, 11) is -3.86. The van der Waals surface area contributed by atoms with Gasteiger partial charge in [-0.2, -0.15) is 0 Å². The molecule has 0 bridgehead atoms. The quantitative estimate of drug-likeness (QED) is 0.720. The lowest BCUT2D eigenvalue weighted by atomic mass is 10.00. The van der Waals surface area contributed by atoms with Gasteiger partial charge in [-0.1, -0.05) is 11.6 Å². The van der Waals surface area contributed by atoms with E-state index >= 15 is 0 Å². The van der Waals surface area contributed by atoms with Crippen LogP contribution in [0.3, 0.4) is 0 Å². The molecule has 1 amide bonds. The summed E-state index contributed by atoms with van der Waals surface area (Å²) in [4.78, 5) is 15.0. The smallest absolute Gasteiger partial charge is 0.255 e. The number of hydrogen-bond donors (Lipinski definition) is 2. The molecule has 0 saturated carbocycles. The summed E-state index contributed by atoms with van der Waals surface area (Å²) in [6.07, 6.45) is 5.29. The van der Waals surface area contributed by atoms with E-state index in [2.05, 4.69) is 9.71 Å². The maximum atomic E-state index is 12.7. The minimum Gasteiger partial charge on any atom is -0.482 e. The Morgan fingerprint density at radius 3 is 3.04 bits per heavy atom. The molecule has 8 nitrogen and oxygen atoms in total. The van der Waals surface area contributed by atoms with Crippen molar-refractivity contribution >= 4 is 27.5 Å². The highest BCUT2D eigenvalue weighted by atomic mass is 35.5. The van der Waals surface area contributed by atoms with E-state index in [1.54, 1.807) is 6.20 Å². The Bertz CT molecular complexity index is 913. The van der Waals surface area contributed by atoms with Crippen LogP contribution in [0.4, 0.5) is 0 Å². The Balaban J connectivity index is 1.72.